The number of amides is 2. The molecule has 0 aliphatic carbocycles. The summed E-state index contributed by atoms with van der Waals surface area (Å²) in [5, 5.41) is 2.98. The van der Waals surface area contributed by atoms with Gasteiger partial charge in [-0.1, -0.05) is 26.0 Å². The predicted molar refractivity (Wildman–Crippen MR) is 111 cm³/mol. The van der Waals surface area contributed by atoms with E-state index >= 15 is 0 Å². The van der Waals surface area contributed by atoms with Gasteiger partial charge in [0.05, 0.1) is 6.54 Å². The quantitative estimate of drug-likeness (QED) is 0.794. The Morgan fingerprint density at radius 3 is 2.56 bits per heavy atom. The fourth-order valence-electron chi connectivity index (χ4n) is 3.44. The first kappa shape index (κ1) is 21.4. The lowest BCUT2D eigenvalue weighted by Gasteiger charge is -2.33. The molecule has 0 bridgehead atoms. The molecule has 0 spiro atoms. The van der Waals surface area contributed by atoms with Crippen molar-refractivity contribution < 1.29 is 9.59 Å². The molecule has 1 aliphatic rings. The Kier molecular flexibility index (Phi) is 7.84. The Hall–Kier alpha value is -1.88. The summed E-state index contributed by atoms with van der Waals surface area (Å²) in [6.45, 7) is 12.8. The zero-order valence-corrected chi connectivity index (χ0v) is 17.5. The molecule has 150 valence electrons. The average Bonchev–Trinajstić information content (AvgIpc) is 2.64. The number of aryl methyl sites for hydroxylation is 1. The zero-order chi connectivity index (χ0) is 20.0. The molecule has 2 amide bonds. The monoisotopic (exact) mass is 373 g/mol. The fourth-order valence-corrected chi connectivity index (χ4v) is 3.44. The number of benzene rings is 1. The summed E-state index contributed by atoms with van der Waals surface area (Å²) in [5.74, 6) is 0.657. The van der Waals surface area contributed by atoms with Gasteiger partial charge in [0.2, 0.25) is 11.8 Å². The second kappa shape index (κ2) is 9.88. The molecule has 1 aromatic carbocycles. The predicted octanol–water partition coefficient (Wildman–Crippen LogP) is 3.60. The number of rotatable bonds is 7. The molecular weight excluding hydrogens is 338 g/mol. The molecule has 5 nitrogen and oxygen atoms in total. The molecule has 1 heterocycles. The van der Waals surface area contributed by atoms with E-state index in [1.54, 1.807) is 4.90 Å². The number of piperidine rings is 1. The van der Waals surface area contributed by atoms with Crippen LogP contribution >= 0.6 is 0 Å². The average molecular weight is 374 g/mol. The van der Waals surface area contributed by atoms with E-state index in [1.165, 1.54) is 0 Å². The molecule has 0 unspecified atom stereocenters. The van der Waals surface area contributed by atoms with Gasteiger partial charge >= 0.3 is 0 Å². The van der Waals surface area contributed by atoms with E-state index in [1.807, 2.05) is 39.0 Å². The summed E-state index contributed by atoms with van der Waals surface area (Å²) in [7, 11) is 0. The smallest absolute Gasteiger partial charge is 0.244 e. The second-order valence-electron chi connectivity index (χ2n) is 8.03. The summed E-state index contributed by atoms with van der Waals surface area (Å²) in [4.78, 5) is 29.5. The van der Waals surface area contributed by atoms with Gasteiger partial charge in [-0.2, -0.15) is 0 Å². The largest absolute Gasteiger partial charge is 0.330 e. The van der Waals surface area contributed by atoms with Crippen molar-refractivity contribution in [3.8, 4) is 0 Å². The lowest BCUT2D eigenvalue weighted by molar-refractivity contribution is -0.138. The maximum absolute atomic E-state index is 12.9. The van der Waals surface area contributed by atoms with Crippen LogP contribution in [0.25, 0.3) is 0 Å². The van der Waals surface area contributed by atoms with Crippen LogP contribution in [0.5, 0.6) is 0 Å². The molecule has 1 aromatic rings. The number of hydrogen-bond acceptors (Lipinski definition) is 3. The van der Waals surface area contributed by atoms with Crippen LogP contribution in [0, 0.1) is 19.8 Å². The first-order valence-corrected chi connectivity index (χ1v) is 10.2. The van der Waals surface area contributed by atoms with E-state index in [9.17, 15) is 9.59 Å². The van der Waals surface area contributed by atoms with Crippen LogP contribution in [0.1, 0.15) is 51.2 Å². The van der Waals surface area contributed by atoms with E-state index in [4.69, 9.17) is 0 Å². The van der Waals surface area contributed by atoms with Crippen molar-refractivity contribution in [3.63, 3.8) is 0 Å². The van der Waals surface area contributed by atoms with Gasteiger partial charge < -0.3 is 10.2 Å². The summed E-state index contributed by atoms with van der Waals surface area (Å²) < 4.78 is 0. The number of likely N-dealkylation sites (tertiary alicyclic amines) is 1. The van der Waals surface area contributed by atoms with Crippen molar-refractivity contribution in [2.75, 3.05) is 31.5 Å². The van der Waals surface area contributed by atoms with Gasteiger partial charge in [-0.3, -0.25) is 14.5 Å². The van der Waals surface area contributed by atoms with Crippen molar-refractivity contribution in [1.29, 1.82) is 0 Å². The van der Waals surface area contributed by atoms with E-state index in [0.29, 0.717) is 6.54 Å². The Labute approximate surface area is 164 Å². The van der Waals surface area contributed by atoms with Crippen molar-refractivity contribution in [2.45, 2.75) is 59.9 Å². The topological polar surface area (TPSA) is 52.7 Å². The SMILES string of the molecule is CC[C@@H](C)N(CC(=O)Nc1cccc(C)c1C)C(=O)CN1CCC(C)CC1. The minimum absolute atomic E-state index is 0.0468. The number of nitrogens with one attached hydrogen (secondary N) is 1. The van der Waals surface area contributed by atoms with Crippen LogP contribution in [-0.2, 0) is 9.59 Å². The molecule has 1 saturated heterocycles. The van der Waals surface area contributed by atoms with Crippen molar-refractivity contribution in [3.05, 3.63) is 29.3 Å². The van der Waals surface area contributed by atoms with Crippen molar-refractivity contribution in [1.82, 2.24) is 9.80 Å². The normalized spacial score (nSPS) is 16.8. The Morgan fingerprint density at radius 2 is 1.93 bits per heavy atom. The van der Waals surface area contributed by atoms with Crippen LogP contribution in [-0.4, -0.2) is 53.8 Å². The molecule has 2 rings (SSSR count). The fraction of sp³-hybridized carbons (Fsp3) is 0.636. The number of carbonyl (C=O) groups is 2. The van der Waals surface area contributed by atoms with Gasteiger partial charge in [-0.05, 0) is 76.2 Å². The number of carbonyl (C=O) groups excluding carboxylic acids is 2. The van der Waals surface area contributed by atoms with Gasteiger partial charge in [0.15, 0.2) is 0 Å². The standard InChI is InChI=1S/C22H35N3O2/c1-6-18(4)25(22(27)15-24-12-10-16(2)11-13-24)14-21(26)23-20-9-7-8-17(3)19(20)5/h7-9,16,18H,6,10-15H2,1-5H3,(H,23,26)/t18-/m1/s1. The summed E-state index contributed by atoms with van der Waals surface area (Å²) >= 11 is 0. The molecule has 0 saturated carbocycles. The Bertz CT molecular complexity index is 651. The molecule has 0 radical (unpaired) electrons. The van der Waals surface area contributed by atoms with Crippen LogP contribution in [0.3, 0.4) is 0 Å². The summed E-state index contributed by atoms with van der Waals surface area (Å²) in [5.41, 5.74) is 3.03. The van der Waals surface area contributed by atoms with E-state index in [2.05, 4.69) is 24.1 Å². The van der Waals surface area contributed by atoms with E-state index in [0.717, 1.165) is 55.1 Å². The third-order valence-corrected chi connectivity index (χ3v) is 5.87. The molecule has 1 N–H and O–H groups in total. The maximum atomic E-state index is 12.9. The molecule has 1 fully saturated rings. The third kappa shape index (κ3) is 6.06. The zero-order valence-electron chi connectivity index (χ0n) is 17.5. The number of nitrogens with zero attached hydrogens (tertiary/aromatic N) is 2. The molecule has 27 heavy (non-hydrogen) atoms. The van der Waals surface area contributed by atoms with Gasteiger partial charge in [0.1, 0.15) is 6.54 Å². The lowest BCUT2D eigenvalue weighted by Crippen LogP contribution is -2.49. The van der Waals surface area contributed by atoms with E-state index < -0.39 is 0 Å². The molecule has 5 heteroatoms. The summed E-state index contributed by atoms with van der Waals surface area (Å²) in [6, 6.07) is 5.92. The minimum Gasteiger partial charge on any atom is -0.330 e. The second-order valence-corrected chi connectivity index (χ2v) is 8.03. The van der Waals surface area contributed by atoms with Gasteiger partial charge in [-0.25, -0.2) is 0 Å². The van der Waals surface area contributed by atoms with Crippen LogP contribution in [0.2, 0.25) is 0 Å². The maximum Gasteiger partial charge on any atom is 0.244 e. The first-order valence-electron chi connectivity index (χ1n) is 10.2. The molecule has 1 aliphatic heterocycles. The highest BCUT2D eigenvalue weighted by Crippen LogP contribution is 2.19. The highest BCUT2D eigenvalue weighted by molar-refractivity contribution is 5.95. The van der Waals surface area contributed by atoms with Crippen LogP contribution in [0.15, 0.2) is 18.2 Å². The van der Waals surface area contributed by atoms with Crippen LogP contribution < -0.4 is 5.32 Å². The van der Waals surface area contributed by atoms with Crippen LogP contribution in [0.4, 0.5) is 5.69 Å². The lowest BCUT2D eigenvalue weighted by atomic mass is 9.99. The van der Waals surface area contributed by atoms with Gasteiger partial charge in [0, 0.05) is 11.7 Å². The van der Waals surface area contributed by atoms with Gasteiger partial charge in [-0.15, -0.1) is 0 Å². The molecular formula is C22H35N3O2. The minimum atomic E-state index is -0.135. The third-order valence-electron chi connectivity index (χ3n) is 5.87. The van der Waals surface area contributed by atoms with Crippen molar-refractivity contribution >= 4 is 17.5 Å². The Balaban J connectivity index is 1.99. The Morgan fingerprint density at radius 1 is 1.26 bits per heavy atom. The molecule has 1 atom stereocenters. The highest BCUT2D eigenvalue weighted by atomic mass is 16.2. The van der Waals surface area contributed by atoms with Crippen molar-refractivity contribution in [2.24, 2.45) is 5.92 Å². The van der Waals surface area contributed by atoms with Gasteiger partial charge in [0.25, 0.3) is 0 Å². The highest BCUT2D eigenvalue weighted by Gasteiger charge is 2.25. The number of hydrogen-bond donors (Lipinski definition) is 1. The van der Waals surface area contributed by atoms with E-state index in [-0.39, 0.29) is 24.4 Å². The summed E-state index contributed by atoms with van der Waals surface area (Å²) in [6.07, 6.45) is 3.12. The first-order chi connectivity index (χ1) is 12.8. The number of anilines is 1. The molecule has 0 aromatic heterocycles.